The first kappa shape index (κ1) is 70.8. The number of furan rings is 1. The maximum atomic E-state index is 7.42. The largest absolute Gasteiger partial charge is 0.454 e. The quantitative estimate of drug-likeness (QED) is 0.144. The van der Waals surface area contributed by atoms with Crippen LogP contribution in [0.3, 0.4) is 0 Å². The van der Waals surface area contributed by atoms with Crippen molar-refractivity contribution in [2.45, 2.75) is 0 Å². The smallest absolute Gasteiger partial charge is 0.164 e. The lowest BCUT2D eigenvalue weighted by Gasteiger charge is -2.15. The minimum atomic E-state index is 0.610. The Morgan fingerprint density at radius 3 is 1.08 bits per heavy atom. The summed E-state index contributed by atoms with van der Waals surface area (Å²) < 4.78 is 20.1. The molecular weight excluding hydrogens is 1620 g/mol. The Morgan fingerprint density at radius 2 is 0.545 bits per heavy atom. The average molecular weight is 1690 g/mol. The van der Waals surface area contributed by atoms with Gasteiger partial charge in [-0.3, -0.25) is 0 Å². The number of fused-ring (bicyclic) bond motifs is 36. The van der Waals surface area contributed by atoms with E-state index in [1.165, 1.54) is 196 Å². The number of para-hydroxylation sites is 6. The van der Waals surface area contributed by atoms with Crippen molar-refractivity contribution in [2.24, 2.45) is 0 Å². The molecule has 132 heavy (non-hydrogen) atoms. The molecule has 0 bridgehead atoms. The molecule has 0 N–H and O–H groups in total. The SMILES string of the molecule is c1ccc(-c2nc(-c3ccccc3)nc(-c3ccc(-n4c5ccccc5c5c6c(c7c(c8ccccc8n7-c7ccccc7)c54)-c4ccc(-c5ccc(-n7c8ccccc8c8c9c(c%10c%11ccccc%11oc%10c87)-c7cccc8c(-c%10ccc(-n%11c%12ccccc%12c%12c%13c(c%14c%15ccccc%15sc%14c%12%11)-c%11cccc%12cccc-%13c%11%12)cc%10)ccc-9c78)cc5)c5cccc-6c45)cc3)n2)cc1. The van der Waals surface area contributed by atoms with Crippen LogP contribution in [0.15, 0.2) is 411 Å². The fourth-order valence-corrected chi connectivity index (χ4v) is 25.2. The van der Waals surface area contributed by atoms with Crippen molar-refractivity contribution in [3.05, 3.63) is 406 Å². The van der Waals surface area contributed by atoms with E-state index in [1.54, 1.807) is 0 Å². The van der Waals surface area contributed by atoms with Gasteiger partial charge in [-0.15, -0.1) is 11.3 Å². The van der Waals surface area contributed by atoms with Crippen LogP contribution in [0.25, 0.3) is 308 Å². The summed E-state index contributed by atoms with van der Waals surface area (Å²) in [4.78, 5) is 15.4. The van der Waals surface area contributed by atoms with Crippen molar-refractivity contribution in [1.29, 1.82) is 0 Å². The highest BCUT2D eigenvalue weighted by Crippen LogP contribution is 2.64. The fraction of sp³-hybridized carbons (Fsp3) is 0. The Balaban J connectivity index is 0.557. The zero-order valence-corrected chi connectivity index (χ0v) is 71.4. The molecule has 7 heterocycles. The van der Waals surface area contributed by atoms with E-state index in [1.807, 2.05) is 47.7 Å². The normalized spacial score (nSPS) is 12.5. The van der Waals surface area contributed by atoms with Gasteiger partial charge in [0.15, 0.2) is 23.1 Å². The van der Waals surface area contributed by atoms with Crippen LogP contribution < -0.4 is 0 Å². The third-order valence-electron chi connectivity index (χ3n) is 29.2. The minimum Gasteiger partial charge on any atom is -0.454 e. The van der Waals surface area contributed by atoms with Crippen LogP contribution in [-0.4, -0.2) is 33.2 Å². The number of hydrogen-bond donors (Lipinski definition) is 0. The maximum Gasteiger partial charge on any atom is 0.164 e. The molecule has 606 valence electrons. The highest BCUT2D eigenvalue weighted by Gasteiger charge is 2.38. The van der Waals surface area contributed by atoms with Crippen LogP contribution in [0.1, 0.15) is 0 Å². The Bertz CT molecular complexity index is 10000. The van der Waals surface area contributed by atoms with E-state index in [0.29, 0.717) is 17.5 Å². The van der Waals surface area contributed by atoms with Crippen molar-refractivity contribution in [1.82, 2.24) is 33.2 Å². The Hall–Kier alpha value is -17.4. The van der Waals surface area contributed by atoms with Crippen molar-refractivity contribution in [2.75, 3.05) is 0 Å². The number of thiophene rings is 1. The third kappa shape index (κ3) is 9.29. The molecule has 0 radical (unpaired) electrons. The van der Waals surface area contributed by atoms with Crippen LogP contribution in [0.4, 0.5) is 0 Å². The van der Waals surface area contributed by atoms with Gasteiger partial charge in [0.1, 0.15) is 5.58 Å². The molecule has 0 saturated carbocycles. The summed E-state index contributed by atoms with van der Waals surface area (Å²) in [7, 11) is 0. The first-order valence-corrected chi connectivity index (χ1v) is 46.1. The fourth-order valence-electron chi connectivity index (χ4n) is 24.0. The van der Waals surface area contributed by atoms with Gasteiger partial charge in [-0.1, -0.05) is 309 Å². The monoisotopic (exact) mass is 1690 g/mol. The summed E-state index contributed by atoms with van der Waals surface area (Å²) in [6.07, 6.45) is 0. The van der Waals surface area contributed by atoms with Crippen LogP contribution in [0.5, 0.6) is 0 Å². The number of hydrogen-bond acceptors (Lipinski definition) is 5. The molecule has 0 aliphatic heterocycles. The molecule has 0 atom stereocenters. The molecule has 0 unspecified atom stereocenters. The van der Waals surface area contributed by atoms with Crippen LogP contribution in [-0.2, 0) is 0 Å². The first-order chi connectivity index (χ1) is 65.6. The lowest BCUT2D eigenvalue weighted by Crippen LogP contribution is -2.00. The van der Waals surface area contributed by atoms with Gasteiger partial charge in [-0.2, -0.15) is 0 Å². The first-order valence-electron chi connectivity index (χ1n) is 45.3. The van der Waals surface area contributed by atoms with Gasteiger partial charge in [0.05, 0.1) is 48.8 Å². The summed E-state index contributed by atoms with van der Waals surface area (Å²) in [6, 6.07) is 150. The number of rotatable bonds is 9. The summed E-state index contributed by atoms with van der Waals surface area (Å²) in [6.45, 7) is 0. The molecule has 8 nitrogen and oxygen atoms in total. The maximum absolute atomic E-state index is 7.42. The predicted octanol–water partition coefficient (Wildman–Crippen LogP) is 33.3. The lowest BCUT2D eigenvalue weighted by molar-refractivity contribution is 0.671. The van der Waals surface area contributed by atoms with Gasteiger partial charge in [-0.25, -0.2) is 15.0 Å². The van der Waals surface area contributed by atoms with E-state index in [2.05, 4.69) is 388 Å². The molecule has 3 aliphatic carbocycles. The Morgan fingerprint density at radius 1 is 0.197 bits per heavy atom. The summed E-state index contributed by atoms with van der Waals surface area (Å²) in [5.74, 6) is 1.86. The minimum absolute atomic E-state index is 0.610. The van der Waals surface area contributed by atoms with Gasteiger partial charge in [0.2, 0.25) is 0 Å². The van der Waals surface area contributed by atoms with Crippen LogP contribution in [0, 0.1) is 0 Å². The molecule has 21 aromatic carbocycles. The number of benzene rings is 21. The van der Waals surface area contributed by atoms with Crippen LogP contribution >= 0.6 is 11.3 Å². The molecule has 28 aromatic rings. The number of nitrogens with zero attached hydrogens (tertiary/aromatic N) is 7. The summed E-state index contributed by atoms with van der Waals surface area (Å²) in [5.41, 5.74) is 37.9. The molecule has 0 amide bonds. The second kappa shape index (κ2) is 26.2. The molecule has 9 heteroatoms. The second-order valence-electron chi connectivity index (χ2n) is 35.7. The van der Waals surface area contributed by atoms with E-state index >= 15 is 0 Å². The molecule has 7 aromatic heterocycles. The van der Waals surface area contributed by atoms with Gasteiger partial charge < -0.3 is 22.7 Å². The molecular formula is C123H67N7OS. The summed E-state index contributed by atoms with van der Waals surface area (Å²) >= 11 is 1.93. The third-order valence-corrected chi connectivity index (χ3v) is 30.3. The predicted molar refractivity (Wildman–Crippen MR) is 550 cm³/mol. The molecule has 0 saturated heterocycles. The van der Waals surface area contributed by atoms with E-state index in [0.717, 1.165) is 94.5 Å². The number of aromatic nitrogens is 7. The van der Waals surface area contributed by atoms with E-state index in [-0.39, 0.29) is 0 Å². The highest BCUT2D eigenvalue weighted by atomic mass is 32.1. The summed E-state index contributed by atoms with van der Waals surface area (Å²) in [5, 5.41) is 22.2. The van der Waals surface area contributed by atoms with E-state index in [9.17, 15) is 0 Å². The zero-order chi connectivity index (χ0) is 85.6. The van der Waals surface area contributed by atoms with Gasteiger partial charge in [0.25, 0.3) is 0 Å². The van der Waals surface area contributed by atoms with Crippen molar-refractivity contribution >= 4 is 173 Å². The lowest BCUT2D eigenvalue weighted by atomic mass is 9.93. The van der Waals surface area contributed by atoms with E-state index < -0.39 is 0 Å². The van der Waals surface area contributed by atoms with E-state index in [4.69, 9.17) is 19.4 Å². The van der Waals surface area contributed by atoms with Gasteiger partial charge in [0, 0.05) is 142 Å². The standard InChI is InChI=1S/C123H67N7OS/c1-4-26-71(27-5-1)121-124-122(72-28-6-2-7-29-72)126-123(125-121)73-56-62-75(63-57-73)128-94-46-16-10-34-82(94)108-107-91-45-25-41-81-79(65-67-93(102(81)91)111(107)116-114(115(108)128)85-37-13-19-49-97(85)127(116)74-32-8-3-9-33-74)68-52-58-76(59-53-68)129-95-47-17-11-35-83(95)109-104-92-66-64-78(80-40-24-44-90(101(80)92)105(104)112-86-38-14-20-50-98(86)131-119(112)117(109)129)69-54-60-77(61-55-69)130-96-48-18-12-36-84(96)110-103-88-42-22-30-70-31-23-43-89(100(70)88)106(103)113-87-39-15-21-51-99(87)132-120(113)118(110)130/h1-67H. The Kier molecular flexibility index (Phi) is 14.0. The van der Waals surface area contributed by atoms with Crippen molar-refractivity contribution < 1.29 is 4.42 Å². The molecule has 0 spiro atoms. The molecule has 0 fully saturated rings. The highest BCUT2D eigenvalue weighted by molar-refractivity contribution is 7.27. The van der Waals surface area contributed by atoms with Crippen molar-refractivity contribution in [3.8, 4) is 146 Å². The van der Waals surface area contributed by atoms with Gasteiger partial charge in [-0.05, 0) is 185 Å². The van der Waals surface area contributed by atoms with Crippen molar-refractivity contribution in [3.63, 3.8) is 0 Å². The Labute approximate surface area is 757 Å². The molecule has 31 rings (SSSR count). The second-order valence-corrected chi connectivity index (χ2v) is 36.7. The topological polar surface area (TPSA) is 71.5 Å². The zero-order valence-electron chi connectivity index (χ0n) is 70.6. The van der Waals surface area contributed by atoms with Crippen LogP contribution in [0.2, 0.25) is 0 Å². The molecule has 3 aliphatic rings. The van der Waals surface area contributed by atoms with Gasteiger partial charge >= 0.3 is 0 Å². The average Bonchev–Trinajstić information content (AvgIpc) is 1.51.